The van der Waals surface area contributed by atoms with Gasteiger partial charge in [0.1, 0.15) is 0 Å². The summed E-state index contributed by atoms with van der Waals surface area (Å²) >= 11 is 7.73. The van der Waals surface area contributed by atoms with Crippen molar-refractivity contribution >= 4 is 22.9 Å². The van der Waals surface area contributed by atoms with E-state index in [1.807, 2.05) is 11.4 Å². The predicted octanol–water partition coefficient (Wildman–Crippen LogP) is 3.96. The third-order valence-corrected chi connectivity index (χ3v) is 5.26. The zero-order valence-corrected chi connectivity index (χ0v) is 12.3. The summed E-state index contributed by atoms with van der Waals surface area (Å²) < 4.78 is 2.12. The molecule has 1 atom stereocenters. The van der Waals surface area contributed by atoms with Crippen molar-refractivity contribution in [1.82, 2.24) is 9.78 Å². The number of aromatic nitrogens is 2. The molecule has 2 N–H and O–H groups in total. The van der Waals surface area contributed by atoms with Crippen molar-refractivity contribution in [2.75, 3.05) is 0 Å². The lowest BCUT2D eigenvalue weighted by molar-refractivity contribution is 0.461. The number of rotatable bonds is 4. The predicted molar refractivity (Wildman–Crippen MR) is 79.7 cm³/mol. The Morgan fingerprint density at radius 3 is 2.89 bits per heavy atom. The Morgan fingerprint density at radius 1 is 1.42 bits per heavy atom. The van der Waals surface area contributed by atoms with Crippen LogP contribution in [0.4, 0.5) is 0 Å². The molecule has 2 aromatic rings. The van der Waals surface area contributed by atoms with E-state index >= 15 is 0 Å². The molecule has 1 aliphatic carbocycles. The average molecular weight is 296 g/mol. The normalized spacial score (nSPS) is 18.0. The fraction of sp³-hybridized carbons (Fsp3) is 0.500. The van der Waals surface area contributed by atoms with Crippen molar-refractivity contribution in [2.24, 2.45) is 5.73 Å². The topological polar surface area (TPSA) is 43.8 Å². The Bertz CT molecular complexity index is 542. The molecule has 1 fully saturated rings. The third-order valence-electron chi connectivity index (χ3n) is 3.77. The maximum atomic E-state index is 6.21. The van der Waals surface area contributed by atoms with E-state index in [2.05, 4.69) is 22.0 Å². The molecule has 0 bridgehead atoms. The largest absolute Gasteiger partial charge is 0.323 e. The van der Waals surface area contributed by atoms with Crippen LogP contribution < -0.4 is 5.73 Å². The van der Waals surface area contributed by atoms with Crippen LogP contribution >= 0.6 is 22.9 Å². The molecule has 0 spiro atoms. The summed E-state index contributed by atoms with van der Waals surface area (Å²) in [6.45, 7) is 0. The van der Waals surface area contributed by atoms with Gasteiger partial charge in [0.25, 0.3) is 0 Å². The van der Waals surface area contributed by atoms with Gasteiger partial charge < -0.3 is 5.73 Å². The summed E-state index contributed by atoms with van der Waals surface area (Å²) in [5, 5.41) is 7.42. The first-order valence-corrected chi connectivity index (χ1v) is 8.02. The highest BCUT2D eigenvalue weighted by Crippen LogP contribution is 2.31. The molecule has 3 rings (SSSR count). The van der Waals surface area contributed by atoms with E-state index in [4.69, 9.17) is 17.3 Å². The van der Waals surface area contributed by atoms with Crippen molar-refractivity contribution < 1.29 is 0 Å². The molecule has 2 heterocycles. The second kappa shape index (κ2) is 5.65. The quantitative estimate of drug-likeness (QED) is 0.928. The smallest absolute Gasteiger partial charge is 0.0643 e. The highest BCUT2D eigenvalue weighted by molar-refractivity contribution is 7.10. The molecular weight excluding hydrogens is 278 g/mol. The molecule has 0 saturated heterocycles. The van der Waals surface area contributed by atoms with Gasteiger partial charge in [0, 0.05) is 23.5 Å². The van der Waals surface area contributed by atoms with Gasteiger partial charge in [0.05, 0.1) is 16.8 Å². The van der Waals surface area contributed by atoms with Gasteiger partial charge in [0.2, 0.25) is 0 Å². The van der Waals surface area contributed by atoms with Gasteiger partial charge in [-0.25, -0.2) is 0 Å². The van der Waals surface area contributed by atoms with Gasteiger partial charge in [-0.15, -0.1) is 11.3 Å². The Kier molecular flexibility index (Phi) is 3.91. The summed E-state index contributed by atoms with van der Waals surface area (Å²) in [7, 11) is 0. The molecule has 0 radical (unpaired) electrons. The molecule has 1 aliphatic rings. The van der Waals surface area contributed by atoms with Crippen LogP contribution in [0.3, 0.4) is 0 Å². The number of thiophene rings is 1. The molecule has 0 aliphatic heterocycles. The average Bonchev–Trinajstić information content (AvgIpc) is 3.07. The lowest BCUT2D eigenvalue weighted by atomic mass is 10.1. The summed E-state index contributed by atoms with van der Waals surface area (Å²) in [6, 6.07) is 4.52. The minimum absolute atomic E-state index is 0.0561. The molecule has 0 aromatic carbocycles. The van der Waals surface area contributed by atoms with Crippen LogP contribution in [0.1, 0.15) is 48.3 Å². The van der Waals surface area contributed by atoms with Crippen molar-refractivity contribution in [1.29, 1.82) is 0 Å². The summed E-state index contributed by atoms with van der Waals surface area (Å²) in [5.74, 6) is 0. The molecule has 1 saturated carbocycles. The first-order chi connectivity index (χ1) is 9.24. The zero-order chi connectivity index (χ0) is 13.2. The van der Waals surface area contributed by atoms with Crippen LogP contribution in [0.15, 0.2) is 23.7 Å². The fourth-order valence-corrected chi connectivity index (χ4v) is 3.95. The molecule has 1 unspecified atom stereocenters. The Morgan fingerprint density at radius 2 is 2.21 bits per heavy atom. The van der Waals surface area contributed by atoms with E-state index in [1.54, 1.807) is 11.3 Å². The molecule has 0 amide bonds. The first kappa shape index (κ1) is 13.2. The second-order valence-electron chi connectivity index (χ2n) is 5.17. The van der Waals surface area contributed by atoms with Crippen LogP contribution in [0.5, 0.6) is 0 Å². The first-order valence-electron chi connectivity index (χ1n) is 6.76. The van der Waals surface area contributed by atoms with E-state index < -0.39 is 0 Å². The lowest BCUT2D eigenvalue weighted by Gasteiger charge is -2.10. The van der Waals surface area contributed by atoms with Crippen molar-refractivity contribution in [3.05, 3.63) is 39.3 Å². The highest BCUT2D eigenvalue weighted by Gasteiger charge is 2.19. The van der Waals surface area contributed by atoms with E-state index in [0.717, 1.165) is 22.0 Å². The fourth-order valence-electron chi connectivity index (χ4n) is 2.75. The van der Waals surface area contributed by atoms with Gasteiger partial charge in [-0.05, 0) is 30.4 Å². The lowest BCUT2D eigenvalue weighted by Crippen LogP contribution is -2.13. The van der Waals surface area contributed by atoms with Crippen molar-refractivity contribution in [3.63, 3.8) is 0 Å². The van der Waals surface area contributed by atoms with Crippen LogP contribution in [-0.4, -0.2) is 9.78 Å². The highest BCUT2D eigenvalue weighted by atomic mass is 35.5. The number of hydrogen-bond donors (Lipinski definition) is 1. The number of nitrogens with two attached hydrogens (primary N) is 1. The van der Waals surface area contributed by atoms with E-state index in [1.165, 1.54) is 25.7 Å². The maximum absolute atomic E-state index is 6.21. The molecular formula is C14H18ClN3S. The Hall–Kier alpha value is -0.840. The van der Waals surface area contributed by atoms with Crippen molar-refractivity contribution in [2.45, 2.75) is 44.2 Å². The Labute approximate surface area is 122 Å². The molecule has 102 valence electrons. The third kappa shape index (κ3) is 2.86. The number of hydrogen-bond acceptors (Lipinski definition) is 3. The van der Waals surface area contributed by atoms with Gasteiger partial charge >= 0.3 is 0 Å². The summed E-state index contributed by atoms with van der Waals surface area (Å²) in [5.41, 5.74) is 7.27. The van der Waals surface area contributed by atoms with Gasteiger partial charge in [-0.1, -0.05) is 24.4 Å². The van der Waals surface area contributed by atoms with Gasteiger partial charge in [0.15, 0.2) is 0 Å². The van der Waals surface area contributed by atoms with E-state index in [9.17, 15) is 0 Å². The maximum Gasteiger partial charge on any atom is 0.0643 e. The van der Waals surface area contributed by atoms with Crippen LogP contribution in [0, 0.1) is 0 Å². The molecule has 19 heavy (non-hydrogen) atoms. The van der Waals surface area contributed by atoms with E-state index in [-0.39, 0.29) is 6.04 Å². The van der Waals surface area contributed by atoms with Crippen LogP contribution in [0.25, 0.3) is 0 Å². The Balaban J connectivity index is 1.68. The minimum atomic E-state index is -0.0561. The monoisotopic (exact) mass is 295 g/mol. The van der Waals surface area contributed by atoms with Gasteiger partial charge in [-0.3, -0.25) is 4.68 Å². The zero-order valence-electron chi connectivity index (χ0n) is 10.8. The second-order valence-corrected chi connectivity index (χ2v) is 6.52. The standard InChI is InChI=1S/C14H18ClN3S/c15-12-6-8-19-14(12)13(16)9-10-5-7-18(17-10)11-3-1-2-4-11/h5-8,11,13H,1-4,9,16H2. The van der Waals surface area contributed by atoms with Crippen LogP contribution in [-0.2, 0) is 6.42 Å². The summed E-state index contributed by atoms with van der Waals surface area (Å²) in [4.78, 5) is 1.05. The van der Waals surface area contributed by atoms with E-state index in [0.29, 0.717) is 6.04 Å². The van der Waals surface area contributed by atoms with Crippen molar-refractivity contribution in [3.8, 4) is 0 Å². The SMILES string of the molecule is NC(Cc1ccn(C2CCCC2)n1)c1sccc1Cl. The molecule has 3 nitrogen and oxygen atoms in total. The molecule has 5 heteroatoms. The number of nitrogens with zero attached hydrogens (tertiary/aromatic N) is 2. The van der Waals surface area contributed by atoms with Gasteiger partial charge in [-0.2, -0.15) is 5.10 Å². The summed E-state index contributed by atoms with van der Waals surface area (Å²) in [6.07, 6.45) is 8.00. The minimum Gasteiger partial charge on any atom is -0.323 e. The van der Waals surface area contributed by atoms with Crippen LogP contribution in [0.2, 0.25) is 5.02 Å². The molecule has 2 aromatic heterocycles. The number of halogens is 1.